The van der Waals surface area contributed by atoms with Crippen LogP contribution in [0.4, 0.5) is 0 Å². The van der Waals surface area contributed by atoms with Gasteiger partial charge >= 0.3 is 0 Å². The number of aryl methyl sites for hydroxylation is 1. The quantitative estimate of drug-likeness (QED) is 0.879. The first-order valence-corrected chi connectivity index (χ1v) is 7.29. The Kier molecular flexibility index (Phi) is 4.90. The van der Waals surface area contributed by atoms with Gasteiger partial charge < -0.3 is 5.32 Å². The van der Waals surface area contributed by atoms with Crippen LogP contribution in [0.1, 0.15) is 49.7 Å². The van der Waals surface area contributed by atoms with Gasteiger partial charge in [0.05, 0.1) is 0 Å². The molecule has 0 bridgehead atoms. The summed E-state index contributed by atoms with van der Waals surface area (Å²) in [4.78, 5) is 4.36. The summed E-state index contributed by atoms with van der Waals surface area (Å²) in [5.74, 6) is 1.60. The number of rotatable bonds is 6. The van der Waals surface area contributed by atoms with Crippen molar-refractivity contribution in [3.8, 4) is 0 Å². The monoisotopic (exact) mass is 272 g/mol. The van der Waals surface area contributed by atoms with Crippen molar-refractivity contribution in [1.29, 1.82) is 0 Å². The lowest BCUT2D eigenvalue weighted by Crippen LogP contribution is -2.21. The summed E-state index contributed by atoms with van der Waals surface area (Å²) < 4.78 is 1.95. The molecule has 0 amide bonds. The predicted octanol–water partition coefficient (Wildman–Crippen LogP) is 2.92. The van der Waals surface area contributed by atoms with Gasteiger partial charge in [0.1, 0.15) is 12.2 Å². The summed E-state index contributed by atoms with van der Waals surface area (Å²) in [6.45, 7) is 7.38. The minimum absolute atomic E-state index is 0.269. The molecule has 0 spiro atoms. The van der Waals surface area contributed by atoms with E-state index in [0.717, 1.165) is 18.8 Å². The van der Waals surface area contributed by atoms with Crippen molar-refractivity contribution >= 4 is 0 Å². The van der Waals surface area contributed by atoms with Gasteiger partial charge in [-0.3, -0.25) is 4.68 Å². The molecule has 1 N–H and O–H groups in total. The second-order valence-corrected chi connectivity index (χ2v) is 5.36. The molecule has 0 saturated carbocycles. The number of hydrogen-bond acceptors (Lipinski definition) is 3. The summed E-state index contributed by atoms with van der Waals surface area (Å²) in [6, 6.07) is 9.13. The van der Waals surface area contributed by atoms with E-state index in [2.05, 4.69) is 60.4 Å². The average molecular weight is 272 g/mol. The van der Waals surface area contributed by atoms with Crippen LogP contribution in [0.3, 0.4) is 0 Å². The smallest absolute Gasteiger partial charge is 0.138 e. The zero-order chi connectivity index (χ0) is 14.5. The van der Waals surface area contributed by atoms with E-state index in [0.29, 0.717) is 5.92 Å². The highest BCUT2D eigenvalue weighted by Crippen LogP contribution is 2.21. The van der Waals surface area contributed by atoms with Crippen molar-refractivity contribution < 1.29 is 0 Å². The van der Waals surface area contributed by atoms with Crippen molar-refractivity contribution in [2.75, 3.05) is 7.05 Å². The van der Waals surface area contributed by atoms with Gasteiger partial charge in [0.2, 0.25) is 0 Å². The van der Waals surface area contributed by atoms with Gasteiger partial charge in [-0.15, -0.1) is 0 Å². The van der Waals surface area contributed by atoms with Crippen molar-refractivity contribution in [3.63, 3.8) is 0 Å². The Balaban J connectivity index is 2.15. The van der Waals surface area contributed by atoms with Crippen molar-refractivity contribution in [2.24, 2.45) is 0 Å². The maximum absolute atomic E-state index is 4.36. The van der Waals surface area contributed by atoms with Gasteiger partial charge in [-0.05, 0) is 31.0 Å². The highest BCUT2D eigenvalue weighted by Gasteiger charge is 2.14. The molecule has 0 aliphatic heterocycles. The van der Waals surface area contributed by atoms with Crippen LogP contribution >= 0.6 is 0 Å². The molecule has 0 aliphatic rings. The topological polar surface area (TPSA) is 42.7 Å². The molecule has 1 heterocycles. The number of nitrogens with one attached hydrogen (secondary N) is 1. The molecule has 4 heteroatoms. The summed E-state index contributed by atoms with van der Waals surface area (Å²) in [7, 11) is 1.99. The van der Waals surface area contributed by atoms with E-state index >= 15 is 0 Å². The van der Waals surface area contributed by atoms with Gasteiger partial charge in [0.25, 0.3) is 0 Å². The van der Waals surface area contributed by atoms with E-state index < -0.39 is 0 Å². The second-order valence-electron chi connectivity index (χ2n) is 5.36. The Hall–Kier alpha value is -1.68. The first-order valence-electron chi connectivity index (χ1n) is 7.29. The molecular weight excluding hydrogens is 248 g/mol. The molecule has 0 fully saturated rings. The van der Waals surface area contributed by atoms with Crippen LogP contribution in [0.2, 0.25) is 0 Å². The van der Waals surface area contributed by atoms with Crippen molar-refractivity contribution in [1.82, 2.24) is 20.1 Å². The molecule has 0 aliphatic carbocycles. The summed E-state index contributed by atoms with van der Waals surface area (Å²) in [5.41, 5.74) is 2.67. The first kappa shape index (κ1) is 14.7. The maximum Gasteiger partial charge on any atom is 0.138 e. The fourth-order valence-electron chi connectivity index (χ4n) is 2.39. The first-order chi connectivity index (χ1) is 9.65. The normalized spacial score (nSPS) is 12.8. The van der Waals surface area contributed by atoms with Crippen LogP contribution in [0.15, 0.2) is 30.6 Å². The van der Waals surface area contributed by atoms with E-state index in [1.165, 1.54) is 11.1 Å². The molecular formula is C16H24N4. The minimum atomic E-state index is 0.269. The molecule has 0 radical (unpaired) electrons. The minimum Gasteiger partial charge on any atom is -0.313 e. The average Bonchev–Trinajstić information content (AvgIpc) is 2.92. The van der Waals surface area contributed by atoms with Crippen LogP contribution in [-0.4, -0.2) is 21.8 Å². The van der Waals surface area contributed by atoms with Crippen LogP contribution in [0.5, 0.6) is 0 Å². The Morgan fingerprint density at radius 1 is 1.15 bits per heavy atom. The molecule has 1 atom stereocenters. The van der Waals surface area contributed by atoms with Crippen LogP contribution in [0.25, 0.3) is 0 Å². The van der Waals surface area contributed by atoms with Crippen LogP contribution in [-0.2, 0) is 13.0 Å². The zero-order valence-electron chi connectivity index (χ0n) is 12.8. The van der Waals surface area contributed by atoms with Gasteiger partial charge in [0.15, 0.2) is 0 Å². The van der Waals surface area contributed by atoms with Gasteiger partial charge in [-0.1, -0.05) is 38.1 Å². The van der Waals surface area contributed by atoms with E-state index in [-0.39, 0.29) is 6.04 Å². The third-order valence-electron chi connectivity index (χ3n) is 3.74. The lowest BCUT2D eigenvalue weighted by atomic mass is 9.97. The summed E-state index contributed by atoms with van der Waals surface area (Å²) in [6.07, 6.45) is 2.48. The Labute approximate surface area is 121 Å². The number of likely N-dealkylation sites (N-methyl/N-ethyl adjacent to an activating group) is 1. The number of benzene rings is 1. The van der Waals surface area contributed by atoms with Crippen LogP contribution in [0, 0.1) is 0 Å². The van der Waals surface area contributed by atoms with Crippen molar-refractivity contribution in [3.05, 3.63) is 47.5 Å². The molecule has 20 heavy (non-hydrogen) atoms. The predicted molar refractivity (Wildman–Crippen MR) is 81.7 cm³/mol. The van der Waals surface area contributed by atoms with Gasteiger partial charge in [-0.25, -0.2) is 4.98 Å². The third kappa shape index (κ3) is 3.25. The highest BCUT2D eigenvalue weighted by molar-refractivity contribution is 5.27. The lowest BCUT2D eigenvalue weighted by Gasteiger charge is -2.17. The Morgan fingerprint density at radius 3 is 2.35 bits per heavy atom. The third-order valence-corrected chi connectivity index (χ3v) is 3.74. The van der Waals surface area contributed by atoms with Crippen LogP contribution < -0.4 is 5.32 Å². The molecule has 1 aromatic carbocycles. The Bertz CT molecular complexity index is 528. The highest BCUT2D eigenvalue weighted by atomic mass is 15.3. The summed E-state index contributed by atoms with van der Waals surface area (Å²) >= 11 is 0. The van der Waals surface area contributed by atoms with Gasteiger partial charge in [-0.2, -0.15) is 5.10 Å². The molecule has 2 rings (SSSR count). The molecule has 108 valence electrons. The molecule has 1 unspecified atom stereocenters. The fraction of sp³-hybridized carbons (Fsp3) is 0.500. The van der Waals surface area contributed by atoms with E-state index in [1.54, 1.807) is 6.33 Å². The summed E-state index contributed by atoms with van der Waals surface area (Å²) in [5, 5.41) is 7.61. The Morgan fingerprint density at radius 2 is 1.80 bits per heavy atom. The molecule has 1 aromatic heterocycles. The maximum atomic E-state index is 4.36. The lowest BCUT2D eigenvalue weighted by molar-refractivity contribution is 0.533. The van der Waals surface area contributed by atoms with E-state index in [4.69, 9.17) is 0 Å². The van der Waals surface area contributed by atoms with E-state index in [9.17, 15) is 0 Å². The number of aromatic nitrogens is 3. The molecule has 2 aromatic rings. The molecule has 4 nitrogen and oxygen atoms in total. The molecule has 0 saturated heterocycles. The standard InChI is InChI=1S/C16H24N4/c1-5-20-16(18-11-19-20)10-15(17-4)14-8-6-13(7-9-14)12(2)3/h6-9,11-12,15,17H,5,10H2,1-4H3. The number of hydrogen-bond donors (Lipinski definition) is 1. The SMILES string of the molecule is CCn1ncnc1CC(NC)c1ccc(C(C)C)cc1. The second kappa shape index (κ2) is 6.66. The fourth-order valence-corrected chi connectivity index (χ4v) is 2.39. The zero-order valence-corrected chi connectivity index (χ0v) is 12.8. The number of nitrogens with zero attached hydrogens (tertiary/aromatic N) is 3. The van der Waals surface area contributed by atoms with E-state index in [1.807, 2.05) is 11.7 Å². The van der Waals surface area contributed by atoms with Gasteiger partial charge in [0, 0.05) is 19.0 Å². The largest absolute Gasteiger partial charge is 0.313 e. The van der Waals surface area contributed by atoms with Crippen molar-refractivity contribution in [2.45, 2.75) is 45.7 Å².